The number of imide groups is 2. The number of benzene rings is 3. The van der Waals surface area contributed by atoms with Gasteiger partial charge in [0.2, 0.25) is 0 Å². The molecule has 33 heavy (non-hydrogen) atoms. The maximum absolute atomic E-state index is 13.3. The van der Waals surface area contributed by atoms with Crippen molar-refractivity contribution in [2.24, 2.45) is 0 Å². The zero-order valence-electron chi connectivity index (χ0n) is 17.0. The van der Waals surface area contributed by atoms with Crippen LogP contribution in [0.25, 0.3) is 0 Å². The minimum atomic E-state index is -0.886. The van der Waals surface area contributed by atoms with Gasteiger partial charge < -0.3 is 17.4 Å². The number of anilines is 1. The summed E-state index contributed by atoms with van der Waals surface area (Å²) in [5.74, 6) is -1.44. The van der Waals surface area contributed by atoms with Crippen molar-refractivity contribution in [3.05, 3.63) is 99.0 Å². The van der Waals surface area contributed by atoms with Gasteiger partial charge in [-0.3, -0.25) is 24.2 Å². The van der Waals surface area contributed by atoms with Gasteiger partial charge in [-0.1, -0.05) is 35.3 Å². The molecule has 4 rings (SSSR count). The van der Waals surface area contributed by atoms with Crippen LogP contribution in [0.1, 0.15) is 36.6 Å². The average molecular weight is 498 g/mol. The molecular weight excluding hydrogens is 483 g/mol. The molecule has 0 spiro atoms. The molecule has 0 radical (unpaired) electrons. The van der Waals surface area contributed by atoms with Crippen LogP contribution in [0.15, 0.2) is 66.7 Å². The number of hydrogen-bond donors (Lipinski definition) is 0. The monoisotopic (exact) mass is 497 g/mol. The summed E-state index contributed by atoms with van der Waals surface area (Å²) in [7, 11) is 0. The van der Waals surface area contributed by atoms with Gasteiger partial charge in [-0.05, 0) is 66.6 Å². The highest BCUT2D eigenvalue weighted by molar-refractivity contribution is 7.77. The Bertz CT molecular complexity index is 1260. The number of fused-ring (bicyclic) bond motifs is 1. The van der Waals surface area contributed by atoms with E-state index in [2.05, 4.69) is 0 Å². The predicted octanol–water partition coefficient (Wildman–Crippen LogP) is 5.15. The van der Waals surface area contributed by atoms with Crippen LogP contribution in [0.4, 0.5) is 10.5 Å². The van der Waals surface area contributed by atoms with Gasteiger partial charge in [-0.15, -0.1) is 0 Å². The van der Waals surface area contributed by atoms with Crippen molar-refractivity contribution < 1.29 is 19.2 Å². The first-order valence-corrected chi connectivity index (χ1v) is 11.0. The van der Waals surface area contributed by atoms with Crippen LogP contribution in [0.5, 0.6) is 0 Å². The number of amides is 4. The van der Waals surface area contributed by atoms with E-state index in [4.69, 9.17) is 35.8 Å². The summed E-state index contributed by atoms with van der Waals surface area (Å²) in [6, 6.07) is 17.3. The van der Waals surface area contributed by atoms with E-state index in [1.54, 1.807) is 42.5 Å². The Morgan fingerprint density at radius 2 is 1.42 bits per heavy atom. The second-order valence-corrected chi connectivity index (χ2v) is 8.46. The lowest BCUT2D eigenvalue weighted by Crippen LogP contribution is -2.36. The molecule has 1 heterocycles. The van der Waals surface area contributed by atoms with Crippen LogP contribution in [0.3, 0.4) is 0 Å². The van der Waals surface area contributed by atoms with Gasteiger partial charge in [0.1, 0.15) is 5.24 Å². The van der Waals surface area contributed by atoms with Crippen LogP contribution in [-0.4, -0.2) is 34.4 Å². The summed E-state index contributed by atoms with van der Waals surface area (Å²) in [6.45, 7) is 0.0374. The molecule has 6 nitrogen and oxygen atoms in total. The molecule has 4 amide bonds. The molecule has 1 aliphatic rings. The first kappa shape index (κ1) is 22.9. The SMILES string of the molecule is O=C1c2ccccc2C(=O)N1CCc1cc(Cl)ccc1C(=O)N(C(=O)[S-])c1ccc(Cl)cc1. The fourth-order valence-electron chi connectivity index (χ4n) is 3.67. The highest BCUT2D eigenvalue weighted by Crippen LogP contribution is 2.26. The van der Waals surface area contributed by atoms with Crippen LogP contribution in [0, 0.1) is 0 Å². The van der Waals surface area contributed by atoms with Crippen molar-refractivity contribution in [1.29, 1.82) is 0 Å². The number of hydrogen-bond acceptors (Lipinski definition) is 5. The van der Waals surface area contributed by atoms with E-state index in [9.17, 15) is 19.2 Å². The zero-order chi connectivity index (χ0) is 23.7. The van der Waals surface area contributed by atoms with Crippen molar-refractivity contribution >= 4 is 64.5 Å². The van der Waals surface area contributed by atoms with E-state index in [0.29, 0.717) is 26.7 Å². The van der Waals surface area contributed by atoms with Crippen LogP contribution >= 0.6 is 23.2 Å². The van der Waals surface area contributed by atoms with Crippen molar-refractivity contribution in [1.82, 2.24) is 4.90 Å². The molecule has 0 aromatic heterocycles. The molecule has 166 valence electrons. The van der Waals surface area contributed by atoms with Gasteiger partial charge in [0.25, 0.3) is 17.7 Å². The number of nitrogens with zero attached hydrogens (tertiary/aromatic N) is 2. The van der Waals surface area contributed by atoms with Gasteiger partial charge in [0, 0.05) is 22.2 Å². The fourth-order valence-corrected chi connectivity index (χ4v) is 4.18. The quantitative estimate of drug-likeness (QED) is 0.360. The van der Waals surface area contributed by atoms with Crippen molar-refractivity contribution in [2.75, 3.05) is 11.4 Å². The number of carbonyl (C=O) groups is 4. The molecule has 0 saturated heterocycles. The Morgan fingerprint density at radius 1 is 0.848 bits per heavy atom. The van der Waals surface area contributed by atoms with Crippen LogP contribution in [0.2, 0.25) is 10.0 Å². The topological polar surface area (TPSA) is 74.8 Å². The number of halogens is 2. The molecule has 0 aliphatic carbocycles. The highest BCUT2D eigenvalue weighted by Gasteiger charge is 2.35. The molecule has 3 aromatic rings. The standard InChI is InChI=1S/C24H16Cl2N2O4S/c25-15-5-8-17(9-6-15)28(24(32)33)23(31)18-10-7-16(26)13-14(18)11-12-27-21(29)19-3-1-2-4-20(19)22(27)30/h1-10,13H,11-12H2,(H,32,33)/p-1. The van der Waals surface area contributed by atoms with Crippen molar-refractivity contribution in [3.63, 3.8) is 0 Å². The molecule has 0 unspecified atom stereocenters. The first-order valence-electron chi connectivity index (χ1n) is 9.82. The van der Waals surface area contributed by atoms with Crippen molar-refractivity contribution in [2.45, 2.75) is 6.42 Å². The number of rotatable bonds is 5. The summed E-state index contributed by atoms with van der Waals surface area (Å²) < 4.78 is 0. The summed E-state index contributed by atoms with van der Waals surface area (Å²) in [5.41, 5.74) is 1.61. The lowest BCUT2D eigenvalue weighted by atomic mass is 10.0. The van der Waals surface area contributed by atoms with Gasteiger partial charge in [0.05, 0.1) is 16.8 Å². The maximum Gasteiger partial charge on any atom is 0.263 e. The minimum Gasteiger partial charge on any atom is -0.718 e. The molecule has 1 aliphatic heterocycles. The molecule has 9 heteroatoms. The number of carbonyl (C=O) groups excluding carboxylic acids is 4. The Balaban J connectivity index is 1.62. The highest BCUT2D eigenvalue weighted by atomic mass is 35.5. The van der Waals surface area contributed by atoms with E-state index in [-0.39, 0.29) is 24.2 Å². The Hall–Kier alpha value is -3.26. The molecule has 0 atom stereocenters. The van der Waals surface area contributed by atoms with E-state index in [1.165, 1.54) is 24.3 Å². The second-order valence-electron chi connectivity index (χ2n) is 7.24. The molecule has 0 saturated carbocycles. The zero-order valence-corrected chi connectivity index (χ0v) is 19.3. The molecule has 0 fully saturated rings. The van der Waals surface area contributed by atoms with E-state index in [1.807, 2.05) is 0 Å². The lowest BCUT2D eigenvalue weighted by Gasteiger charge is -2.26. The third-order valence-corrected chi connectivity index (χ3v) is 5.92. The van der Waals surface area contributed by atoms with Crippen LogP contribution < -0.4 is 4.90 Å². The summed E-state index contributed by atoms with van der Waals surface area (Å²) in [6.07, 6.45) is 0.160. The summed E-state index contributed by atoms with van der Waals surface area (Å²) in [5, 5.41) is -0.0775. The molecule has 0 N–H and O–H groups in total. The average Bonchev–Trinajstić information content (AvgIpc) is 3.03. The summed E-state index contributed by atoms with van der Waals surface area (Å²) in [4.78, 5) is 52.8. The van der Waals surface area contributed by atoms with Gasteiger partial charge >= 0.3 is 0 Å². The largest absolute Gasteiger partial charge is 0.718 e. The predicted molar refractivity (Wildman–Crippen MR) is 128 cm³/mol. The Labute approximate surface area is 205 Å². The van der Waals surface area contributed by atoms with Crippen molar-refractivity contribution in [3.8, 4) is 0 Å². The fraction of sp³-hybridized carbons (Fsp3) is 0.0833. The maximum atomic E-state index is 13.3. The smallest absolute Gasteiger partial charge is 0.263 e. The Morgan fingerprint density at radius 3 is 2.00 bits per heavy atom. The van der Waals surface area contributed by atoms with Crippen LogP contribution in [-0.2, 0) is 19.0 Å². The second kappa shape index (κ2) is 9.31. The van der Waals surface area contributed by atoms with E-state index in [0.717, 1.165) is 9.80 Å². The minimum absolute atomic E-state index is 0.0374. The lowest BCUT2D eigenvalue weighted by molar-refractivity contribution is 0.0656. The van der Waals surface area contributed by atoms with E-state index >= 15 is 0 Å². The first-order chi connectivity index (χ1) is 15.8. The third-order valence-electron chi connectivity index (χ3n) is 5.25. The molecule has 0 bridgehead atoms. The Kier molecular flexibility index (Phi) is 6.47. The summed E-state index contributed by atoms with van der Waals surface area (Å²) >= 11 is 16.8. The molecular formula is C24H15Cl2N2O4S-. The van der Waals surface area contributed by atoms with Gasteiger partial charge in [-0.25, -0.2) is 0 Å². The van der Waals surface area contributed by atoms with Gasteiger partial charge in [-0.2, -0.15) is 0 Å². The third kappa shape index (κ3) is 4.48. The van der Waals surface area contributed by atoms with E-state index < -0.39 is 23.0 Å². The molecule has 3 aromatic carbocycles. The van der Waals surface area contributed by atoms with Gasteiger partial charge in [0.15, 0.2) is 0 Å². The normalized spacial score (nSPS) is 12.6.